The summed E-state index contributed by atoms with van der Waals surface area (Å²) in [6, 6.07) is 9.79. The van der Waals surface area contributed by atoms with Crippen LogP contribution in [0.2, 0.25) is 0 Å². The van der Waals surface area contributed by atoms with Gasteiger partial charge < -0.3 is 10.1 Å². The third-order valence-corrected chi connectivity index (χ3v) is 4.89. The number of benzene rings is 1. The molecule has 0 bridgehead atoms. The summed E-state index contributed by atoms with van der Waals surface area (Å²) in [7, 11) is -3.51. The Balaban J connectivity index is 1.78. The molecule has 134 valence electrons. The van der Waals surface area contributed by atoms with E-state index in [0.29, 0.717) is 18.9 Å². The van der Waals surface area contributed by atoms with Crippen molar-refractivity contribution in [3.05, 3.63) is 54.4 Å². The van der Waals surface area contributed by atoms with Gasteiger partial charge in [0.1, 0.15) is 11.6 Å². The second kappa shape index (κ2) is 9.14. The summed E-state index contributed by atoms with van der Waals surface area (Å²) < 4.78 is 29.7. The number of nitrogens with one attached hydrogen (secondary N) is 2. The van der Waals surface area contributed by atoms with E-state index in [2.05, 4.69) is 15.6 Å². The van der Waals surface area contributed by atoms with Crippen molar-refractivity contribution < 1.29 is 17.9 Å². The van der Waals surface area contributed by atoms with Crippen molar-refractivity contribution in [1.82, 2.24) is 15.6 Å². The number of hydrogen-bond donors (Lipinski definition) is 2. The van der Waals surface area contributed by atoms with Crippen molar-refractivity contribution in [2.24, 2.45) is 0 Å². The molecule has 0 saturated carbocycles. The van der Waals surface area contributed by atoms with Gasteiger partial charge in [-0.15, -0.1) is 0 Å². The Kier molecular flexibility index (Phi) is 6.91. The van der Waals surface area contributed by atoms with Crippen LogP contribution in [-0.2, 0) is 21.2 Å². The van der Waals surface area contributed by atoms with Crippen LogP contribution in [0.25, 0.3) is 0 Å². The van der Waals surface area contributed by atoms with Gasteiger partial charge in [0.15, 0.2) is 9.84 Å². The molecule has 0 aliphatic rings. The highest BCUT2D eigenvalue weighted by atomic mass is 32.2. The average Bonchev–Trinajstić information content (AvgIpc) is 2.61. The van der Waals surface area contributed by atoms with Crippen LogP contribution in [0.1, 0.15) is 12.5 Å². The summed E-state index contributed by atoms with van der Waals surface area (Å²) in [6.45, 7) is 2.66. The molecule has 1 aromatic heterocycles. The van der Waals surface area contributed by atoms with E-state index in [9.17, 15) is 13.2 Å². The zero-order chi connectivity index (χ0) is 18.1. The lowest BCUT2D eigenvalue weighted by Gasteiger charge is -2.09. The lowest BCUT2D eigenvalue weighted by molar-refractivity contribution is -0.120. The van der Waals surface area contributed by atoms with E-state index in [-0.39, 0.29) is 23.2 Å². The predicted octanol–water partition coefficient (Wildman–Crippen LogP) is 1.12. The molecule has 2 aromatic rings. The van der Waals surface area contributed by atoms with Crippen molar-refractivity contribution >= 4 is 15.7 Å². The minimum absolute atomic E-state index is 0.0820. The number of ether oxygens (including phenoxy) is 1. The van der Waals surface area contributed by atoms with Gasteiger partial charge in [-0.25, -0.2) is 8.42 Å². The number of sulfone groups is 1. The van der Waals surface area contributed by atoms with E-state index in [0.717, 1.165) is 5.56 Å². The monoisotopic (exact) mass is 363 g/mol. The maximum absolute atomic E-state index is 12.2. The van der Waals surface area contributed by atoms with Crippen LogP contribution < -0.4 is 15.4 Å². The molecule has 0 spiro atoms. The Hall–Kier alpha value is -2.45. The first-order valence-corrected chi connectivity index (χ1v) is 9.48. The molecule has 25 heavy (non-hydrogen) atoms. The van der Waals surface area contributed by atoms with Gasteiger partial charge in [0.05, 0.1) is 18.0 Å². The largest absolute Gasteiger partial charge is 0.494 e. The number of carbonyl (C=O) groups excluding carboxylic acids is 1. The maximum Gasteiger partial charge on any atom is 0.234 e. The zero-order valence-electron chi connectivity index (χ0n) is 13.9. The summed E-state index contributed by atoms with van der Waals surface area (Å²) in [5, 5.41) is 5.36. The van der Waals surface area contributed by atoms with E-state index in [1.807, 2.05) is 6.92 Å². The molecule has 1 heterocycles. The molecule has 8 heteroatoms. The van der Waals surface area contributed by atoms with Crippen LogP contribution in [0.15, 0.2) is 53.7 Å². The lowest BCUT2D eigenvalue weighted by Crippen LogP contribution is -2.35. The second-order valence-corrected chi connectivity index (χ2v) is 7.21. The molecule has 1 aromatic carbocycles. The molecule has 0 aliphatic carbocycles. The van der Waals surface area contributed by atoms with Gasteiger partial charge >= 0.3 is 0 Å². The van der Waals surface area contributed by atoms with E-state index >= 15 is 0 Å². The number of hydrogen-bond acceptors (Lipinski definition) is 6. The van der Waals surface area contributed by atoms with Gasteiger partial charge in [0.25, 0.3) is 0 Å². The average molecular weight is 363 g/mol. The number of pyridine rings is 1. The lowest BCUT2D eigenvalue weighted by atomic mass is 10.3. The van der Waals surface area contributed by atoms with Crippen LogP contribution in [-0.4, -0.2) is 38.3 Å². The highest BCUT2D eigenvalue weighted by molar-refractivity contribution is 7.91. The Morgan fingerprint density at radius 3 is 2.44 bits per heavy atom. The smallest absolute Gasteiger partial charge is 0.234 e. The number of nitrogens with zero attached hydrogens (tertiary/aromatic N) is 1. The van der Waals surface area contributed by atoms with Gasteiger partial charge in [-0.2, -0.15) is 0 Å². The molecular weight excluding hydrogens is 342 g/mol. The van der Waals surface area contributed by atoms with E-state index in [4.69, 9.17) is 4.74 Å². The fraction of sp³-hybridized carbons (Fsp3) is 0.294. The molecule has 0 radical (unpaired) electrons. The minimum atomic E-state index is -3.51. The Morgan fingerprint density at radius 2 is 1.80 bits per heavy atom. The summed E-state index contributed by atoms with van der Waals surface area (Å²) >= 11 is 0. The summed E-state index contributed by atoms with van der Waals surface area (Å²) in [6.07, 6.45) is 3.28. The van der Waals surface area contributed by atoms with Crippen molar-refractivity contribution in [2.75, 3.05) is 19.0 Å². The van der Waals surface area contributed by atoms with Gasteiger partial charge in [-0.1, -0.05) is 0 Å². The molecule has 7 nitrogen and oxygen atoms in total. The number of rotatable bonds is 9. The maximum atomic E-state index is 12.2. The second-order valence-electron chi connectivity index (χ2n) is 5.22. The number of aromatic nitrogens is 1. The molecule has 0 saturated heterocycles. The van der Waals surface area contributed by atoms with E-state index in [1.54, 1.807) is 36.7 Å². The first-order valence-electron chi connectivity index (χ1n) is 7.83. The zero-order valence-corrected chi connectivity index (χ0v) is 14.8. The summed E-state index contributed by atoms with van der Waals surface area (Å²) in [4.78, 5) is 15.8. The minimum Gasteiger partial charge on any atom is -0.494 e. The van der Waals surface area contributed by atoms with Gasteiger partial charge in [-0.05, 0) is 48.9 Å². The molecule has 0 aliphatic heterocycles. The van der Waals surface area contributed by atoms with Crippen molar-refractivity contribution in [1.29, 1.82) is 0 Å². The van der Waals surface area contributed by atoms with Crippen LogP contribution in [0.3, 0.4) is 0 Å². The molecule has 0 fully saturated rings. The summed E-state index contributed by atoms with van der Waals surface area (Å²) in [5.74, 6) is 0.0209. The molecule has 0 atom stereocenters. The van der Waals surface area contributed by atoms with E-state index < -0.39 is 9.84 Å². The van der Waals surface area contributed by atoms with Crippen LogP contribution in [0.5, 0.6) is 5.75 Å². The van der Waals surface area contributed by atoms with Crippen molar-refractivity contribution in [3.63, 3.8) is 0 Å². The highest BCUT2D eigenvalue weighted by Gasteiger charge is 2.14. The Morgan fingerprint density at radius 1 is 1.12 bits per heavy atom. The molecule has 2 rings (SSSR count). The van der Waals surface area contributed by atoms with Gasteiger partial charge in [0.2, 0.25) is 5.91 Å². The predicted molar refractivity (Wildman–Crippen MR) is 93.8 cm³/mol. The Labute approximate surface area is 147 Å². The van der Waals surface area contributed by atoms with Gasteiger partial charge in [-0.3, -0.25) is 15.1 Å². The van der Waals surface area contributed by atoms with E-state index in [1.165, 1.54) is 12.1 Å². The molecular formula is C17H21N3O4S. The van der Waals surface area contributed by atoms with Crippen LogP contribution >= 0.6 is 0 Å². The van der Waals surface area contributed by atoms with Crippen LogP contribution in [0.4, 0.5) is 0 Å². The fourth-order valence-corrected chi connectivity index (χ4v) is 3.14. The third kappa shape index (κ3) is 6.17. The Bertz CT molecular complexity index is 777. The topological polar surface area (TPSA) is 97.4 Å². The normalized spacial score (nSPS) is 11.1. The van der Waals surface area contributed by atoms with Crippen molar-refractivity contribution in [2.45, 2.75) is 18.4 Å². The number of carbonyl (C=O) groups is 1. The highest BCUT2D eigenvalue weighted by Crippen LogP contribution is 2.16. The van der Waals surface area contributed by atoms with Gasteiger partial charge in [0, 0.05) is 18.9 Å². The SMILES string of the molecule is CCOc1ccc(S(=O)(=O)CNCC(=O)NCc2ccncc2)cc1. The van der Waals surface area contributed by atoms with Crippen molar-refractivity contribution in [3.8, 4) is 5.75 Å². The quantitative estimate of drug-likeness (QED) is 0.693. The van der Waals surface area contributed by atoms with Crippen LogP contribution in [0, 0.1) is 0 Å². The molecule has 2 N–H and O–H groups in total. The summed E-state index contributed by atoms with van der Waals surface area (Å²) in [5.41, 5.74) is 0.922. The number of amides is 1. The first-order chi connectivity index (χ1) is 12.0. The fourth-order valence-electron chi connectivity index (χ4n) is 2.06. The first kappa shape index (κ1) is 18.9. The molecule has 0 unspecified atom stereocenters. The standard InChI is InChI=1S/C17H21N3O4S/c1-2-24-15-3-5-16(6-4-15)25(22,23)13-19-12-17(21)20-11-14-7-9-18-10-8-14/h3-10,19H,2,11-13H2,1H3,(H,20,21). The third-order valence-electron chi connectivity index (χ3n) is 3.31. The molecule has 1 amide bonds.